The van der Waals surface area contributed by atoms with Gasteiger partial charge in [-0.1, -0.05) is 22.4 Å². The van der Waals surface area contributed by atoms with Crippen LogP contribution in [-0.4, -0.2) is 35.1 Å². The molecule has 2 heterocycles. The lowest BCUT2D eigenvalue weighted by Crippen LogP contribution is -2.16. The summed E-state index contributed by atoms with van der Waals surface area (Å²) in [6.07, 6.45) is 7.90. The van der Waals surface area contributed by atoms with Gasteiger partial charge in [0.15, 0.2) is 0 Å². The molecule has 29 heavy (non-hydrogen) atoms. The zero-order valence-corrected chi connectivity index (χ0v) is 17.3. The minimum absolute atomic E-state index is 0.572. The fourth-order valence-corrected chi connectivity index (χ4v) is 4.02. The largest absolute Gasteiger partial charge is 0.399 e. The van der Waals surface area contributed by atoms with Gasteiger partial charge >= 0.3 is 0 Å². The van der Waals surface area contributed by atoms with Gasteiger partial charge in [0, 0.05) is 11.4 Å². The standard InChI is InChI=1S/C23H28N4O2/c1-16-11-12-17-6-4-10-21(22(17)24-16)27-29-15-5-8-19-14-13-18-7-3-9-20(26-28-2)23(18)25-19/h11-14H,3-10,15H2,1-2H3/b26-20+,27-21+. The summed E-state index contributed by atoms with van der Waals surface area (Å²) in [6, 6.07) is 8.52. The maximum atomic E-state index is 5.64. The van der Waals surface area contributed by atoms with E-state index in [9.17, 15) is 0 Å². The van der Waals surface area contributed by atoms with E-state index in [1.165, 1.54) is 11.1 Å². The number of aromatic nitrogens is 2. The van der Waals surface area contributed by atoms with Crippen LogP contribution in [-0.2, 0) is 28.9 Å². The molecule has 0 amide bonds. The highest BCUT2D eigenvalue weighted by Gasteiger charge is 2.19. The first-order valence-corrected chi connectivity index (χ1v) is 10.5. The van der Waals surface area contributed by atoms with Crippen LogP contribution in [0, 0.1) is 6.92 Å². The van der Waals surface area contributed by atoms with Gasteiger partial charge in [0.1, 0.15) is 25.1 Å². The van der Waals surface area contributed by atoms with E-state index in [0.717, 1.165) is 85.6 Å². The van der Waals surface area contributed by atoms with Gasteiger partial charge in [0.05, 0.1) is 11.4 Å². The molecule has 6 heteroatoms. The summed E-state index contributed by atoms with van der Waals surface area (Å²) >= 11 is 0. The van der Waals surface area contributed by atoms with Gasteiger partial charge in [0.25, 0.3) is 0 Å². The molecule has 2 aliphatic carbocycles. The zero-order valence-electron chi connectivity index (χ0n) is 17.3. The summed E-state index contributed by atoms with van der Waals surface area (Å²) in [7, 11) is 1.59. The van der Waals surface area contributed by atoms with Crippen molar-refractivity contribution >= 4 is 11.4 Å². The van der Waals surface area contributed by atoms with Crippen molar-refractivity contribution in [2.45, 2.75) is 58.3 Å². The smallest absolute Gasteiger partial charge is 0.117 e. The van der Waals surface area contributed by atoms with E-state index in [1.807, 2.05) is 6.92 Å². The molecule has 6 nitrogen and oxygen atoms in total. The van der Waals surface area contributed by atoms with Gasteiger partial charge < -0.3 is 9.68 Å². The predicted octanol–water partition coefficient (Wildman–Crippen LogP) is 4.16. The van der Waals surface area contributed by atoms with E-state index in [4.69, 9.17) is 14.7 Å². The number of hydrogen-bond acceptors (Lipinski definition) is 6. The lowest BCUT2D eigenvalue weighted by molar-refractivity contribution is 0.141. The van der Waals surface area contributed by atoms with Crippen molar-refractivity contribution in [3.05, 3.63) is 58.2 Å². The molecule has 0 saturated carbocycles. The summed E-state index contributed by atoms with van der Waals surface area (Å²) in [5.74, 6) is 0. The number of hydrogen-bond donors (Lipinski definition) is 0. The van der Waals surface area contributed by atoms with Crippen LogP contribution in [0.4, 0.5) is 0 Å². The lowest BCUT2D eigenvalue weighted by atomic mass is 9.94. The Morgan fingerprint density at radius 2 is 1.55 bits per heavy atom. The van der Waals surface area contributed by atoms with E-state index < -0.39 is 0 Å². The van der Waals surface area contributed by atoms with Crippen LogP contribution >= 0.6 is 0 Å². The number of aryl methyl sites for hydroxylation is 4. The second-order valence-corrected chi connectivity index (χ2v) is 7.67. The molecule has 0 aromatic carbocycles. The Kier molecular flexibility index (Phi) is 6.17. The molecule has 0 atom stereocenters. The van der Waals surface area contributed by atoms with E-state index in [1.54, 1.807) is 7.11 Å². The maximum Gasteiger partial charge on any atom is 0.117 e. The fraction of sp³-hybridized carbons (Fsp3) is 0.478. The second kappa shape index (κ2) is 9.16. The molecule has 0 unspecified atom stereocenters. The summed E-state index contributed by atoms with van der Waals surface area (Å²) < 4.78 is 0. The molecular formula is C23H28N4O2. The molecule has 2 aromatic heterocycles. The summed E-state index contributed by atoms with van der Waals surface area (Å²) in [4.78, 5) is 20.1. The van der Waals surface area contributed by atoms with Crippen LogP contribution < -0.4 is 0 Å². The molecule has 152 valence electrons. The van der Waals surface area contributed by atoms with Crippen molar-refractivity contribution < 1.29 is 9.68 Å². The quantitative estimate of drug-likeness (QED) is 0.547. The molecular weight excluding hydrogens is 364 g/mol. The minimum Gasteiger partial charge on any atom is -0.399 e. The third-order valence-electron chi connectivity index (χ3n) is 5.47. The summed E-state index contributed by atoms with van der Waals surface area (Å²) in [5, 5.41) is 8.56. The molecule has 0 aliphatic heterocycles. The van der Waals surface area contributed by atoms with Crippen LogP contribution in [0.25, 0.3) is 0 Å². The number of fused-ring (bicyclic) bond motifs is 2. The Morgan fingerprint density at radius 1 is 0.862 bits per heavy atom. The van der Waals surface area contributed by atoms with Gasteiger partial charge in [-0.25, -0.2) is 0 Å². The second-order valence-electron chi connectivity index (χ2n) is 7.67. The summed E-state index contributed by atoms with van der Waals surface area (Å²) in [5.41, 5.74) is 8.56. The highest BCUT2D eigenvalue weighted by molar-refractivity contribution is 6.01. The normalized spacial score (nSPS) is 18.4. The van der Waals surface area contributed by atoms with E-state index >= 15 is 0 Å². The Bertz CT molecular complexity index is 936. The lowest BCUT2D eigenvalue weighted by Gasteiger charge is -2.17. The van der Waals surface area contributed by atoms with Crippen molar-refractivity contribution in [3.63, 3.8) is 0 Å². The van der Waals surface area contributed by atoms with E-state index in [0.29, 0.717) is 6.61 Å². The number of nitrogens with zero attached hydrogens (tertiary/aromatic N) is 4. The van der Waals surface area contributed by atoms with Gasteiger partial charge in [-0.15, -0.1) is 0 Å². The molecule has 2 aromatic rings. The molecule has 2 aliphatic rings. The maximum absolute atomic E-state index is 5.64. The molecule has 0 fully saturated rings. The third kappa shape index (κ3) is 4.63. The monoisotopic (exact) mass is 392 g/mol. The first kappa shape index (κ1) is 19.6. The Balaban J connectivity index is 1.34. The molecule has 0 bridgehead atoms. The van der Waals surface area contributed by atoms with Crippen molar-refractivity contribution in [2.24, 2.45) is 10.3 Å². The molecule has 0 saturated heterocycles. The molecule has 4 rings (SSSR count). The van der Waals surface area contributed by atoms with Crippen LogP contribution in [0.2, 0.25) is 0 Å². The molecule has 0 N–H and O–H groups in total. The van der Waals surface area contributed by atoms with Crippen LogP contribution in [0.15, 0.2) is 34.6 Å². The Labute approximate surface area is 172 Å². The fourth-order valence-electron chi connectivity index (χ4n) is 4.02. The first-order valence-electron chi connectivity index (χ1n) is 10.5. The van der Waals surface area contributed by atoms with Crippen molar-refractivity contribution in [1.29, 1.82) is 0 Å². The SMILES string of the molecule is CO/N=C1\CCCc2ccc(CCCO/N=C3\CCCc4ccc(C)nc43)nc21. The van der Waals surface area contributed by atoms with E-state index in [2.05, 4.69) is 39.6 Å². The van der Waals surface area contributed by atoms with E-state index in [-0.39, 0.29) is 0 Å². The van der Waals surface area contributed by atoms with Gasteiger partial charge in [-0.2, -0.15) is 0 Å². The van der Waals surface area contributed by atoms with Crippen LogP contribution in [0.5, 0.6) is 0 Å². The van der Waals surface area contributed by atoms with Crippen LogP contribution in [0.3, 0.4) is 0 Å². The Hall–Kier alpha value is -2.76. The number of oxime groups is 2. The minimum atomic E-state index is 0.572. The highest BCUT2D eigenvalue weighted by atomic mass is 16.6. The topological polar surface area (TPSA) is 69.0 Å². The van der Waals surface area contributed by atoms with Gasteiger partial charge in [-0.05, 0) is 81.5 Å². The Morgan fingerprint density at radius 3 is 2.31 bits per heavy atom. The van der Waals surface area contributed by atoms with Gasteiger partial charge in [-0.3, -0.25) is 9.97 Å². The predicted molar refractivity (Wildman–Crippen MR) is 113 cm³/mol. The van der Waals surface area contributed by atoms with Crippen molar-refractivity contribution in [1.82, 2.24) is 9.97 Å². The summed E-state index contributed by atoms with van der Waals surface area (Å²) in [6.45, 7) is 2.59. The van der Waals surface area contributed by atoms with Crippen molar-refractivity contribution in [3.8, 4) is 0 Å². The van der Waals surface area contributed by atoms with Crippen molar-refractivity contribution in [2.75, 3.05) is 13.7 Å². The third-order valence-corrected chi connectivity index (χ3v) is 5.47. The van der Waals surface area contributed by atoms with Gasteiger partial charge in [0.2, 0.25) is 0 Å². The average molecular weight is 393 g/mol. The molecule has 0 radical (unpaired) electrons. The number of rotatable bonds is 6. The molecule has 0 spiro atoms. The first-order chi connectivity index (χ1) is 14.2. The highest BCUT2D eigenvalue weighted by Crippen LogP contribution is 2.22. The average Bonchev–Trinajstić information content (AvgIpc) is 2.74. The zero-order chi connectivity index (χ0) is 20.1. The number of pyridine rings is 2. The van der Waals surface area contributed by atoms with Crippen LogP contribution in [0.1, 0.15) is 66.0 Å².